The van der Waals surface area contributed by atoms with Crippen LogP contribution in [0.4, 0.5) is 0 Å². The summed E-state index contributed by atoms with van der Waals surface area (Å²) in [5, 5.41) is 0.898. The Balaban J connectivity index is 3.11. The normalized spacial score (nSPS) is 12.9. The third kappa shape index (κ3) is 3.07. The van der Waals surface area contributed by atoms with Crippen molar-refractivity contribution in [2.45, 2.75) is 4.90 Å². The number of nitrogens with zero attached hydrogens (tertiary/aromatic N) is 1. The Morgan fingerprint density at radius 2 is 1.80 bits per heavy atom. The van der Waals surface area contributed by atoms with E-state index in [-0.39, 0.29) is 0 Å². The summed E-state index contributed by atoms with van der Waals surface area (Å²) in [4.78, 5) is 4.43. The predicted molar refractivity (Wildman–Crippen MR) is 65.5 cm³/mol. The van der Waals surface area contributed by atoms with Crippen LogP contribution < -0.4 is 0 Å². The number of thioether (sulfide) groups is 1. The molecule has 0 spiro atoms. The van der Waals surface area contributed by atoms with Crippen LogP contribution in [0.15, 0.2) is 34.2 Å². The average Bonchev–Trinajstić information content (AvgIpc) is 2.19. The minimum atomic E-state index is -3.11. The van der Waals surface area contributed by atoms with Gasteiger partial charge in [-0.15, -0.1) is 11.8 Å². The largest absolute Gasteiger partial charge is 0.281 e. The molecular weight excluding hydrogens is 230 g/mol. The second-order valence-electron chi connectivity index (χ2n) is 3.03. The van der Waals surface area contributed by atoms with E-state index in [1.54, 1.807) is 31.3 Å². The van der Waals surface area contributed by atoms with Crippen LogP contribution in [0.25, 0.3) is 0 Å². The van der Waals surface area contributed by atoms with E-state index in [1.807, 2.05) is 6.26 Å². The fourth-order valence-corrected chi connectivity index (χ4v) is 2.37. The van der Waals surface area contributed by atoms with Gasteiger partial charge in [-0.2, -0.15) is 0 Å². The highest BCUT2D eigenvalue weighted by Gasteiger charge is 2.07. The van der Waals surface area contributed by atoms with Crippen molar-refractivity contribution in [3.63, 3.8) is 0 Å². The van der Waals surface area contributed by atoms with Gasteiger partial charge in [-0.05, 0) is 18.4 Å². The van der Waals surface area contributed by atoms with Gasteiger partial charge in [0.15, 0.2) is 9.84 Å². The molecule has 3 nitrogen and oxygen atoms in total. The lowest BCUT2D eigenvalue weighted by Gasteiger charge is -2.03. The maximum absolute atomic E-state index is 11.2. The fourth-order valence-electron chi connectivity index (χ4n) is 1.18. The van der Waals surface area contributed by atoms with Gasteiger partial charge in [-0.25, -0.2) is 8.42 Å². The highest BCUT2D eigenvalue weighted by Crippen LogP contribution is 2.14. The second kappa shape index (κ2) is 4.81. The molecule has 0 saturated heterocycles. The molecule has 0 bridgehead atoms. The molecule has 0 fully saturated rings. The molecule has 0 amide bonds. The molecule has 0 aromatic heterocycles. The Morgan fingerprint density at radius 3 is 2.13 bits per heavy atom. The minimum absolute atomic E-state index is 0.336. The number of benzene rings is 1. The van der Waals surface area contributed by atoms with Crippen molar-refractivity contribution in [2.75, 3.05) is 19.6 Å². The van der Waals surface area contributed by atoms with Gasteiger partial charge in [-0.1, -0.05) is 12.1 Å². The first-order valence-corrected chi connectivity index (χ1v) is 7.42. The van der Waals surface area contributed by atoms with Crippen LogP contribution in [0.1, 0.15) is 5.56 Å². The van der Waals surface area contributed by atoms with Crippen molar-refractivity contribution in [1.82, 2.24) is 0 Å². The number of aliphatic imine (C=N–C) groups is 1. The maximum atomic E-state index is 11.2. The summed E-state index contributed by atoms with van der Waals surface area (Å²) in [6, 6.07) is 6.75. The zero-order chi connectivity index (χ0) is 11.5. The quantitative estimate of drug-likeness (QED) is 0.588. The van der Waals surface area contributed by atoms with Gasteiger partial charge in [0.25, 0.3) is 0 Å². The Labute approximate surface area is 94.5 Å². The zero-order valence-electron chi connectivity index (χ0n) is 8.89. The molecule has 0 heterocycles. The summed E-state index contributed by atoms with van der Waals surface area (Å²) in [5.41, 5.74) is 0.942. The lowest BCUT2D eigenvalue weighted by Crippen LogP contribution is -1.99. The Hall–Kier alpha value is -0.810. The first kappa shape index (κ1) is 12.3. The molecule has 1 aromatic carbocycles. The van der Waals surface area contributed by atoms with Gasteiger partial charge in [0.05, 0.1) is 9.94 Å². The molecule has 0 aliphatic heterocycles. The Morgan fingerprint density at radius 1 is 1.27 bits per heavy atom. The molecule has 0 N–H and O–H groups in total. The molecule has 82 valence electrons. The van der Waals surface area contributed by atoms with Crippen LogP contribution in [0.5, 0.6) is 0 Å². The van der Waals surface area contributed by atoms with Gasteiger partial charge >= 0.3 is 0 Å². The lowest BCUT2D eigenvalue weighted by atomic mass is 10.2. The smallest absolute Gasteiger partial charge is 0.175 e. The second-order valence-corrected chi connectivity index (χ2v) is 5.84. The van der Waals surface area contributed by atoms with Gasteiger partial charge in [0, 0.05) is 18.9 Å². The zero-order valence-corrected chi connectivity index (χ0v) is 10.5. The molecule has 0 atom stereocenters. The van der Waals surface area contributed by atoms with Gasteiger partial charge in [-0.3, -0.25) is 4.99 Å². The van der Waals surface area contributed by atoms with Crippen LogP contribution in [-0.2, 0) is 9.84 Å². The molecule has 0 unspecified atom stereocenters. The van der Waals surface area contributed by atoms with Crippen LogP contribution >= 0.6 is 11.8 Å². The van der Waals surface area contributed by atoms with E-state index in [0.29, 0.717) is 4.90 Å². The molecule has 0 aliphatic carbocycles. The van der Waals surface area contributed by atoms with Crippen LogP contribution in [0.2, 0.25) is 0 Å². The van der Waals surface area contributed by atoms with Crippen molar-refractivity contribution < 1.29 is 8.42 Å². The summed E-state index contributed by atoms with van der Waals surface area (Å²) in [6.45, 7) is 0. The summed E-state index contributed by atoms with van der Waals surface area (Å²) >= 11 is 1.54. The molecule has 0 saturated carbocycles. The monoisotopic (exact) mass is 243 g/mol. The van der Waals surface area contributed by atoms with Crippen LogP contribution in [-0.4, -0.2) is 33.0 Å². The average molecular weight is 243 g/mol. The summed E-state index contributed by atoms with van der Waals surface area (Å²) in [6.07, 6.45) is 3.14. The van der Waals surface area contributed by atoms with E-state index in [4.69, 9.17) is 0 Å². The van der Waals surface area contributed by atoms with Crippen molar-refractivity contribution in [2.24, 2.45) is 4.99 Å². The highest BCUT2D eigenvalue weighted by atomic mass is 32.2. The predicted octanol–water partition coefficient (Wildman–Crippen LogP) is 1.83. The Bertz CT molecular complexity index is 461. The first-order valence-electron chi connectivity index (χ1n) is 4.30. The summed E-state index contributed by atoms with van der Waals surface area (Å²) in [7, 11) is -1.39. The van der Waals surface area contributed by atoms with Crippen molar-refractivity contribution >= 4 is 26.6 Å². The molecule has 0 aliphatic rings. The van der Waals surface area contributed by atoms with E-state index in [9.17, 15) is 8.42 Å². The molecule has 0 radical (unpaired) electrons. The van der Waals surface area contributed by atoms with Crippen LogP contribution in [0, 0.1) is 0 Å². The van der Waals surface area contributed by atoms with E-state index in [0.717, 1.165) is 10.6 Å². The fraction of sp³-hybridized carbons (Fsp3) is 0.300. The van der Waals surface area contributed by atoms with E-state index in [2.05, 4.69) is 4.99 Å². The summed E-state index contributed by atoms with van der Waals surface area (Å²) in [5.74, 6) is 0. The molecule has 1 rings (SSSR count). The Kier molecular flexibility index (Phi) is 3.93. The molecule has 15 heavy (non-hydrogen) atoms. The molecular formula is C10H13NO2S2. The number of hydrogen-bond acceptors (Lipinski definition) is 4. The van der Waals surface area contributed by atoms with E-state index in [1.165, 1.54) is 18.0 Å². The third-order valence-corrected chi connectivity index (χ3v) is 3.86. The number of hydrogen-bond donors (Lipinski definition) is 0. The highest BCUT2D eigenvalue weighted by molar-refractivity contribution is 8.13. The maximum Gasteiger partial charge on any atom is 0.175 e. The van der Waals surface area contributed by atoms with E-state index < -0.39 is 9.84 Å². The van der Waals surface area contributed by atoms with Crippen molar-refractivity contribution in [3.05, 3.63) is 29.8 Å². The van der Waals surface area contributed by atoms with Crippen molar-refractivity contribution in [1.29, 1.82) is 0 Å². The van der Waals surface area contributed by atoms with Crippen LogP contribution in [0.3, 0.4) is 0 Å². The topological polar surface area (TPSA) is 46.5 Å². The van der Waals surface area contributed by atoms with Gasteiger partial charge < -0.3 is 0 Å². The molecule has 5 heteroatoms. The first-order chi connectivity index (χ1) is 6.99. The standard InChI is InChI=1S/C10H13NO2S2/c1-11-10(14-2)8-4-6-9(7-5-8)15(3,12)13/h4-7H,1-3H3. The SMILES string of the molecule is CN=C(SC)c1ccc(S(C)(=O)=O)cc1. The third-order valence-electron chi connectivity index (χ3n) is 1.93. The van der Waals surface area contributed by atoms with Crippen molar-refractivity contribution in [3.8, 4) is 0 Å². The molecule has 1 aromatic rings. The van der Waals surface area contributed by atoms with Gasteiger partial charge in [0.1, 0.15) is 0 Å². The summed E-state index contributed by atoms with van der Waals surface area (Å²) < 4.78 is 22.4. The van der Waals surface area contributed by atoms with Gasteiger partial charge in [0.2, 0.25) is 0 Å². The lowest BCUT2D eigenvalue weighted by molar-refractivity contribution is 0.602. The number of sulfone groups is 1. The van der Waals surface area contributed by atoms with E-state index >= 15 is 0 Å². The number of rotatable bonds is 2. The minimum Gasteiger partial charge on any atom is -0.281 e.